The minimum Gasteiger partial charge on any atom is -0.383 e. The van der Waals surface area contributed by atoms with Gasteiger partial charge in [0.1, 0.15) is 23.8 Å². The van der Waals surface area contributed by atoms with Gasteiger partial charge in [-0.1, -0.05) is 74.5 Å². The molecule has 0 unspecified atom stereocenters. The number of aliphatic hydroxyl groups is 1. The molecule has 3 rings (SSSR count). The van der Waals surface area contributed by atoms with Crippen LogP contribution in [0, 0.1) is 5.92 Å². The van der Waals surface area contributed by atoms with Crippen molar-refractivity contribution in [2.45, 2.75) is 76.3 Å². The van der Waals surface area contributed by atoms with Crippen LogP contribution in [0.25, 0.3) is 0 Å². The second-order valence-corrected chi connectivity index (χ2v) is 11.4. The molecule has 1 aliphatic heterocycles. The predicted molar refractivity (Wildman–Crippen MR) is 157 cm³/mol. The molecule has 1 saturated heterocycles. The smallest absolute Gasteiger partial charge is 0.249 e. The number of epoxide rings is 1. The summed E-state index contributed by atoms with van der Waals surface area (Å²) in [6.07, 6.45) is -0.115. The Morgan fingerprint density at radius 1 is 0.857 bits per heavy atom. The number of Topliss-reactive ketones (excluding diaryl/α,β-unsaturated/α-hetero) is 1. The van der Waals surface area contributed by atoms with Crippen molar-refractivity contribution in [3.8, 4) is 0 Å². The number of ether oxygens (including phenoxy) is 2. The van der Waals surface area contributed by atoms with Crippen molar-refractivity contribution in [3.05, 3.63) is 71.8 Å². The zero-order valence-corrected chi connectivity index (χ0v) is 24.8. The van der Waals surface area contributed by atoms with E-state index >= 15 is 0 Å². The molecule has 0 spiro atoms. The molecule has 42 heavy (non-hydrogen) atoms. The van der Waals surface area contributed by atoms with Gasteiger partial charge in [0.15, 0.2) is 5.78 Å². The van der Waals surface area contributed by atoms with E-state index in [0.29, 0.717) is 19.4 Å². The number of amides is 3. The lowest BCUT2D eigenvalue weighted by atomic mass is 9.93. The fraction of sp³-hybridized carbons (Fsp3) is 0.500. The zero-order chi connectivity index (χ0) is 30.7. The average molecular weight is 582 g/mol. The predicted octanol–water partition coefficient (Wildman–Crippen LogP) is 1.73. The van der Waals surface area contributed by atoms with E-state index in [0.717, 1.165) is 11.1 Å². The Hall–Kier alpha value is -3.60. The van der Waals surface area contributed by atoms with Crippen molar-refractivity contribution in [2.24, 2.45) is 5.92 Å². The molecule has 0 bridgehead atoms. The van der Waals surface area contributed by atoms with Crippen LogP contribution in [0.15, 0.2) is 60.7 Å². The molecule has 0 aliphatic carbocycles. The normalized spacial score (nSPS) is 18.8. The highest BCUT2D eigenvalue weighted by Crippen LogP contribution is 2.29. The van der Waals surface area contributed by atoms with Gasteiger partial charge in [-0.05, 0) is 43.2 Å². The number of aryl methyl sites for hydroxylation is 1. The SMILES string of the molecule is COC[C@H](NC(=O)[C@@H](O)CCc1ccccc1)C(=O)N[C@@H](Cc1ccccc1)C(=O)N[C@@H](CC(C)C)C(=O)[C@@]1(C)CO1. The summed E-state index contributed by atoms with van der Waals surface area (Å²) in [7, 11) is 1.38. The van der Waals surface area contributed by atoms with E-state index in [1.807, 2.05) is 74.5 Å². The summed E-state index contributed by atoms with van der Waals surface area (Å²) in [6.45, 7) is 5.74. The van der Waals surface area contributed by atoms with Gasteiger partial charge in [-0.3, -0.25) is 19.2 Å². The van der Waals surface area contributed by atoms with E-state index in [4.69, 9.17) is 9.47 Å². The van der Waals surface area contributed by atoms with Gasteiger partial charge in [-0.15, -0.1) is 0 Å². The van der Waals surface area contributed by atoms with Crippen LogP contribution in [0.2, 0.25) is 0 Å². The number of carbonyl (C=O) groups excluding carboxylic acids is 4. The van der Waals surface area contributed by atoms with Gasteiger partial charge in [0.05, 0.1) is 19.3 Å². The Bertz CT molecular complexity index is 1190. The second-order valence-electron chi connectivity index (χ2n) is 11.4. The zero-order valence-electron chi connectivity index (χ0n) is 24.8. The van der Waals surface area contributed by atoms with Crippen LogP contribution >= 0.6 is 0 Å². The summed E-state index contributed by atoms with van der Waals surface area (Å²) in [4.78, 5) is 52.8. The van der Waals surface area contributed by atoms with Crippen LogP contribution < -0.4 is 16.0 Å². The van der Waals surface area contributed by atoms with Gasteiger partial charge in [0.25, 0.3) is 0 Å². The van der Waals surface area contributed by atoms with Crippen molar-refractivity contribution >= 4 is 23.5 Å². The number of rotatable bonds is 17. The van der Waals surface area contributed by atoms with E-state index in [9.17, 15) is 24.3 Å². The highest BCUT2D eigenvalue weighted by molar-refractivity contribution is 5.98. The minimum atomic E-state index is -1.34. The number of ketones is 1. The van der Waals surface area contributed by atoms with Crippen LogP contribution in [0.5, 0.6) is 0 Å². The molecule has 3 amide bonds. The van der Waals surface area contributed by atoms with Crippen LogP contribution in [0.3, 0.4) is 0 Å². The standard InChI is InChI=1S/C32H43N3O7/c1-21(2)17-24(28(37)32(3)20-42-32)33-29(38)25(18-23-13-9-6-10-14-23)34-30(39)26(19-41-4)35-31(40)27(36)16-15-22-11-7-5-8-12-22/h5-14,21,24-27,36H,15-20H2,1-4H3,(H,33,38)(H,34,39)(H,35,40)/t24-,25-,26-,27-,32+/m0/s1. The van der Waals surface area contributed by atoms with E-state index in [1.54, 1.807) is 6.92 Å². The fourth-order valence-electron chi connectivity index (χ4n) is 4.62. The van der Waals surface area contributed by atoms with Crippen molar-refractivity contribution in [2.75, 3.05) is 20.3 Å². The second kappa shape index (κ2) is 15.6. The molecular formula is C32H43N3O7. The van der Waals surface area contributed by atoms with Gasteiger partial charge in [-0.2, -0.15) is 0 Å². The molecule has 228 valence electrons. The van der Waals surface area contributed by atoms with E-state index in [1.165, 1.54) is 7.11 Å². The number of aliphatic hydroxyl groups excluding tert-OH is 1. The molecule has 0 saturated carbocycles. The molecule has 0 radical (unpaired) electrons. The number of nitrogens with one attached hydrogen (secondary N) is 3. The highest BCUT2D eigenvalue weighted by Gasteiger charge is 2.50. The lowest BCUT2D eigenvalue weighted by molar-refractivity contribution is -0.137. The first-order valence-corrected chi connectivity index (χ1v) is 14.4. The number of hydrogen-bond donors (Lipinski definition) is 4. The molecule has 10 heteroatoms. The maximum Gasteiger partial charge on any atom is 0.249 e. The maximum atomic E-state index is 13.6. The number of hydrogen-bond acceptors (Lipinski definition) is 7. The largest absolute Gasteiger partial charge is 0.383 e. The summed E-state index contributed by atoms with van der Waals surface area (Å²) < 4.78 is 10.5. The number of methoxy groups -OCH3 is 1. The lowest BCUT2D eigenvalue weighted by Gasteiger charge is -2.27. The Morgan fingerprint density at radius 3 is 1.93 bits per heavy atom. The van der Waals surface area contributed by atoms with Crippen molar-refractivity contribution in [1.82, 2.24) is 16.0 Å². The summed E-state index contributed by atoms with van der Waals surface area (Å²) in [5.41, 5.74) is 0.854. The molecule has 2 aromatic carbocycles. The van der Waals surface area contributed by atoms with E-state index in [2.05, 4.69) is 16.0 Å². The van der Waals surface area contributed by atoms with Crippen molar-refractivity contribution < 1.29 is 33.8 Å². The lowest BCUT2D eigenvalue weighted by Crippen LogP contribution is -2.58. The Balaban J connectivity index is 1.71. The topological polar surface area (TPSA) is 146 Å². The van der Waals surface area contributed by atoms with Gasteiger partial charge >= 0.3 is 0 Å². The number of benzene rings is 2. The van der Waals surface area contributed by atoms with Crippen LogP contribution in [-0.2, 0) is 41.5 Å². The monoisotopic (exact) mass is 581 g/mol. The fourth-order valence-corrected chi connectivity index (χ4v) is 4.62. The van der Waals surface area contributed by atoms with Crippen molar-refractivity contribution in [1.29, 1.82) is 0 Å². The molecule has 10 nitrogen and oxygen atoms in total. The van der Waals surface area contributed by atoms with Gasteiger partial charge in [0.2, 0.25) is 17.7 Å². The van der Waals surface area contributed by atoms with Gasteiger partial charge < -0.3 is 30.5 Å². The van der Waals surface area contributed by atoms with Crippen molar-refractivity contribution in [3.63, 3.8) is 0 Å². The molecule has 0 aromatic heterocycles. The third kappa shape index (κ3) is 10.0. The first-order chi connectivity index (χ1) is 20.0. The Kier molecular flexibility index (Phi) is 12.2. The van der Waals surface area contributed by atoms with Gasteiger partial charge in [0, 0.05) is 13.5 Å². The molecule has 5 atom stereocenters. The minimum absolute atomic E-state index is 0.123. The first-order valence-electron chi connectivity index (χ1n) is 14.4. The molecule has 1 fully saturated rings. The van der Waals surface area contributed by atoms with E-state index < -0.39 is 47.6 Å². The molecular weight excluding hydrogens is 538 g/mol. The first kappa shape index (κ1) is 32.9. The summed E-state index contributed by atoms with van der Waals surface area (Å²) in [5, 5.41) is 18.6. The third-order valence-electron chi connectivity index (χ3n) is 7.17. The summed E-state index contributed by atoms with van der Waals surface area (Å²) >= 11 is 0. The quantitative estimate of drug-likeness (QED) is 0.208. The molecule has 2 aromatic rings. The molecule has 1 heterocycles. The third-order valence-corrected chi connectivity index (χ3v) is 7.17. The van der Waals surface area contributed by atoms with E-state index in [-0.39, 0.29) is 31.1 Å². The van der Waals surface area contributed by atoms with Crippen LogP contribution in [0.1, 0.15) is 44.7 Å². The highest BCUT2D eigenvalue weighted by atomic mass is 16.6. The Labute approximate surface area is 247 Å². The Morgan fingerprint density at radius 2 is 1.38 bits per heavy atom. The molecule has 1 aliphatic rings. The van der Waals surface area contributed by atoms with Gasteiger partial charge in [-0.25, -0.2) is 0 Å². The van der Waals surface area contributed by atoms with Crippen LogP contribution in [-0.4, -0.2) is 78.8 Å². The summed E-state index contributed by atoms with van der Waals surface area (Å²) in [5.74, 6) is -1.98. The van der Waals surface area contributed by atoms with Crippen LogP contribution in [0.4, 0.5) is 0 Å². The average Bonchev–Trinajstić information content (AvgIpc) is 3.73. The maximum absolute atomic E-state index is 13.6. The number of carbonyl (C=O) groups is 4. The molecule has 4 N–H and O–H groups in total. The summed E-state index contributed by atoms with van der Waals surface area (Å²) in [6, 6.07) is 15.6.